The maximum Gasteiger partial charge on any atom is 0.169 e. The van der Waals surface area contributed by atoms with Crippen molar-refractivity contribution in [3.05, 3.63) is 49.1 Å². The van der Waals surface area contributed by atoms with Gasteiger partial charge in [-0.15, -0.1) is 0 Å². The monoisotopic (exact) mass is 213 g/mol. The molecule has 0 bridgehead atoms. The van der Waals surface area contributed by atoms with Crippen LogP contribution in [-0.2, 0) is 6.54 Å². The molecule has 2 nitrogen and oxygen atoms in total. The number of pyridine rings is 2. The largest absolute Gasteiger partial charge is 0.265 e. The van der Waals surface area contributed by atoms with E-state index in [0.29, 0.717) is 5.92 Å². The highest BCUT2D eigenvalue weighted by Crippen LogP contribution is 2.15. The van der Waals surface area contributed by atoms with Crippen LogP contribution < -0.4 is 4.57 Å². The molecule has 0 saturated heterocycles. The van der Waals surface area contributed by atoms with Crippen LogP contribution in [0.25, 0.3) is 11.1 Å². The Labute approximate surface area is 96.6 Å². The van der Waals surface area contributed by atoms with Crippen molar-refractivity contribution in [2.75, 3.05) is 0 Å². The first-order chi connectivity index (χ1) is 7.75. The Morgan fingerprint density at radius 1 is 1.00 bits per heavy atom. The first kappa shape index (κ1) is 10.8. The summed E-state index contributed by atoms with van der Waals surface area (Å²) in [5.74, 6) is 0.678. The lowest BCUT2D eigenvalue weighted by molar-refractivity contribution is -0.702. The van der Waals surface area contributed by atoms with E-state index in [9.17, 15) is 0 Å². The maximum atomic E-state index is 4.02. The van der Waals surface area contributed by atoms with E-state index in [1.54, 1.807) is 0 Å². The van der Waals surface area contributed by atoms with Gasteiger partial charge in [-0.25, -0.2) is 4.57 Å². The highest BCUT2D eigenvalue weighted by atomic mass is 14.9. The molecule has 0 amide bonds. The molecule has 0 spiro atoms. The van der Waals surface area contributed by atoms with Gasteiger partial charge in [0.05, 0.1) is 0 Å². The lowest BCUT2D eigenvalue weighted by Gasteiger charge is -2.02. The molecule has 82 valence electrons. The fraction of sp³-hybridized carbons (Fsp3) is 0.286. The highest BCUT2D eigenvalue weighted by Gasteiger charge is 2.04. The molecule has 2 aromatic rings. The van der Waals surface area contributed by atoms with Crippen molar-refractivity contribution in [3.8, 4) is 11.1 Å². The topological polar surface area (TPSA) is 16.8 Å². The van der Waals surface area contributed by atoms with Crippen molar-refractivity contribution in [2.24, 2.45) is 5.92 Å². The Kier molecular flexibility index (Phi) is 3.30. The average Bonchev–Trinajstić information content (AvgIpc) is 2.30. The van der Waals surface area contributed by atoms with Gasteiger partial charge in [0, 0.05) is 30.4 Å². The normalized spacial score (nSPS) is 10.7. The summed E-state index contributed by atoms with van der Waals surface area (Å²) in [6.45, 7) is 5.52. The number of rotatable bonds is 3. The first-order valence-corrected chi connectivity index (χ1v) is 5.65. The molecule has 0 unspecified atom stereocenters. The van der Waals surface area contributed by atoms with Gasteiger partial charge >= 0.3 is 0 Å². The number of hydrogen-bond donors (Lipinski definition) is 0. The van der Waals surface area contributed by atoms with Gasteiger partial charge in [0.2, 0.25) is 0 Å². The van der Waals surface area contributed by atoms with Gasteiger partial charge in [-0.05, 0) is 23.3 Å². The molecule has 0 fully saturated rings. The molecule has 2 heterocycles. The Bertz CT molecular complexity index is 432. The molecular weight excluding hydrogens is 196 g/mol. The van der Waals surface area contributed by atoms with Crippen molar-refractivity contribution >= 4 is 0 Å². The molecule has 0 atom stereocenters. The van der Waals surface area contributed by atoms with Gasteiger partial charge in [-0.3, -0.25) is 4.98 Å². The second-order valence-electron chi connectivity index (χ2n) is 4.41. The molecule has 0 aromatic carbocycles. The maximum absolute atomic E-state index is 4.02. The van der Waals surface area contributed by atoms with E-state index >= 15 is 0 Å². The van der Waals surface area contributed by atoms with E-state index in [1.807, 2.05) is 24.5 Å². The summed E-state index contributed by atoms with van der Waals surface area (Å²) in [6, 6.07) is 8.36. The van der Waals surface area contributed by atoms with Gasteiger partial charge in [-0.1, -0.05) is 13.8 Å². The molecule has 2 rings (SSSR count). The van der Waals surface area contributed by atoms with E-state index in [0.717, 1.165) is 6.54 Å². The van der Waals surface area contributed by atoms with E-state index in [1.165, 1.54) is 11.1 Å². The molecule has 0 N–H and O–H groups in total. The minimum atomic E-state index is 0.678. The fourth-order valence-corrected chi connectivity index (χ4v) is 1.74. The molecule has 0 saturated carbocycles. The predicted molar refractivity (Wildman–Crippen MR) is 64.7 cm³/mol. The summed E-state index contributed by atoms with van der Waals surface area (Å²) in [5.41, 5.74) is 2.45. The van der Waals surface area contributed by atoms with Crippen molar-refractivity contribution in [3.63, 3.8) is 0 Å². The second-order valence-corrected chi connectivity index (χ2v) is 4.41. The quantitative estimate of drug-likeness (QED) is 0.716. The summed E-state index contributed by atoms with van der Waals surface area (Å²) in [6.07, 6.45) is 7.92. The van der Waals surface area contributed by atoms with Gasteiger partial charge in [-0.2, -0.15) is 0 Å². The Hall–Kier alpha value is -1.70. The third-order valence-corrected chi connectivity index (χ3v) is 2.48. The lowest BCUT2D eigenvalue weighted by Crippen LogP contribution is -2.35. The van der Waals surface area contributed by atoms with E-state index in [2.05, 4.69) is 47.9 Å². The molecule has 2 heteroatoms. The standard InChI is InChI=1S/C14H17N2/c1-12(2)11-16-9-5-14(6-10-16)13-3-7-15-8-4-13/h3-10,12H,11H2,1-2H3/q+1. The molecule has 0 aliphatic rings. The van der Waals surface area contributed by atoms with Crippen LogP contribution in [0.4, 0.5) is 0 Å². The zero-order valence-electron chi connectivity index (χ0n) is 9.80. The third kappa shape index (κ3) is 2.66. The summed E-state index contributed by atoms with van der Waals surface area (Å²) in [4.78, 5) is 4.02. The van der Waals surface area contributed by atoms with Crippen LogP contribution in [0.1, 0.15) is 13.8 Å². The number of nitrogens with zero attached hydrogens (tertiary/aromatic N) is 2. The van der Waals surface area contributed by atoms with Gasteiger partial charge in [0.15, 0.2) is 18.9 Å². The van der Waals surface area contributed by atoms with Crippen molar-refractivity contribution in [1.82, 2.24) is 4.98 Å². The average molecular weight is 213 g/mol. The Balaban J connectivity index is 2.20. The van der Waals surface area contributed by atoms with Crippen molar-refractivity contribution in [2.45, 2.75) is 20.4 Å². The van der Waals surface area contributed by atoms with Crippen LogP contribution in [-0.4, -0.2) is 4.98 Å². The third-order valence-electron chi connectivity index (χ3n) is 2.48. The number of hydrogen-bond acceptors (Lipinski definition) is 1. The van der Waals surface area contributed by atoms with Crippen LogP contribution in [0.2, 0.25) is 0 Å². The summed E-state index contributed by atoms with van der Waals surface area (Å²) in [5, 5.41) is 0. The molecule has 16 heavy (non-hydrogen) atoms. The Morgan fingerprint density at radius 3 is 2.12 bits per heavy atom. The Morgan fingerprint density at radius 2 is 1.56 bits per heavy atom. The van der Waals surface area contributed by atoms with Gasteiger partial charge in [0.25, 0.3) is 0 Å². The fourth-order valence-electron chi connectivity index (χ4n) is 1.74. The van der Waals surface area contributed by atoms with E-state index in [4.69, 9.17) is 0 Å². The van der Waals surface area contributed by atoms with Gasteiger partial charge < -0.3 is 0 Å². The number of aromatic nitrogens is 2. The van der Waals surface area contributed by atoms with Gasteiger partial charge in [0.1, 0.15) is 0 Å². The molecule has 0 aliphatic heterocycles. The zero-order valence-corrected chi connectivity index (χ0v) is 9.80. The van der Waals surface area contributed by atoms with Crippen LogP contribution in [0.5, 0.6) is 0 Å². The smallest absolute Gasteiger partial charge is 0.169 e. The minimum absolute atomic E-state index is 0.678. The molecule has 0 radical (unpaired) electrons. The predicted octanol–water partition coefficient (Wildman–Crippen LogP) is 2.69. The van der Waals surface area contributed by atoms with Crippen LogP contribution in [0, 0.1) is 5.92 Å². The van der Waals surface area contributed by atoms with Crippen LogP contribution in [0.3, 0.4) is 0 Å². The summed E-state index contributed by atoms with van der Waals surface area (Å²) >= 11 is 0. The molecule has 2 aromatic heterocycles. The van der Waals surface area contributed by atoms with Crippen molar-refractivity contribution in [1.29, 1.82) is 0 Å². The van der Waals surface area contributed by atoms with Crippen molar-refractivity contribution < 1.29 is 4.57 Å². The first-order valence-electron chi connectivity index (χ1n) is 5.65. The van der Waals surface area contributed by atoms with Crippen LogP contribution >= 0.6 is 0 Å². The highest BCUT2D eigenvalue weighted by molar-refractivity contribution is 5.61. The van der Waals surface area contributed by atoms with Crippen LogP contribution in [0.15, 0.2) is 49.1 Å². The summed E-state index contributed by atoms with van der Waals surface area (Å²) in [7, 11) is 0. The summed E-state index contributed by atoms with van der Waals surface area (Å²) < 4.78 is 2.22. The second kappa shape index (κ2) is 4.88. The molecule has 0 aliphatic carbocycles. The molecular formula is C14H17N2+. The zero-order chi connectivity index (χ0) is 11.4. The SMILES string of the molecule is CC(C)C[n+]1ccc(-c2ccncc2)cc1. The van der Waals surface area contributed by atoms with E-state index in [-0.39, 0.29) is 0 Å². The minimum Gasteiger partial charge on any atom is -0.265 e. The van der Waals surface area contributed by atoms with E-state index < -0.39 is 0 Å². The lowest BCUT2D eigenvalue weighted by atomic mass is 10.1.